The molecule has 0 aromatic carbocycles. The molecule has 0 radical (unpaired) electrons. The van der Waals surface area contributed by atoms with Crippen LogP contribution in [0, 0.1) is 0 Å². The van der Waals surface area contributed by atoms with Gasteiger partial charge in [-0.1, -0.05) is 17.8 Å². The molecule has 204 valence electrons. The maximum atomic E-state index is 13.9. The number of nitrogen functional groups attached to an aromatic ring is 1. The lowest BCUT2D eigenvalue weighted by Gasteiger charge is -2.34. The van der Waals surface area contributed by atoms with E-state index in [4.69, 9.17) is 17.2 Å². The maximum absolute atomic E-state index is 13.9. The molecule has 10 nitrogen and oxygen atoms in total. The van der Waals surface area contributed by atoms with Crippen molar-refractivity contribution in [2.24, 2.45) is 11.5 Å². The summed E-state index contributed by atoms with van der Waals surface area (Å²) in [6.07, 6.45) is -2.72. The summed E-state index contributed by atoms with van der Waals surface area (Å²) < 4.78 is 41.6. The number of fused-ring (bicyclic) bond motifs is 1. The number of nitrogens with zero attached hydrogens (tertiary/aromatic N) is 3. The first-order valence-corrected chi connectivity index (χ1v) is 13.4. The Labute approximate surface area is 223 Å². The molecule has 15 heteroatoms. The number of alkyl halides is 3. The number of hydrogen-bond acceptors (Lipinski definition) is 10. The molecule has 3 aromatic rings. The third-order valence-corrected chi connectivity index (χ3v) is 8.22. The van der Waals surface area contributed by atoms with Crippen LogP contribution in [0.25, 0.3) is 10.2 Å². The minimum absolute atomic E-state index is 0.0113. The van der Waals surface area contributed by atoms with E-state index in [1.165, 1.54) is 11.8 Å². The van der Waals surface area contributed by atoms with Crippen molar-refractivity contribution < 1.29 is 27.9 Å². The number of thioether (sulfide) groups is 1. The summed E-state index contributed by atoms with van der Waals surface area (Å²) in [5.74, 6) is -1.07. The number of aromatic nitrogens is 2. The van der Waals surface area contributed by atoms with Gasteiger partial charge in [-0.25, -0.2) is 9.97 Å². The zero-order valence-corrected chi connectivity index (χ0v) is 21.6. The van der Waals surface area contributed by atoms with E-state index in [2.05, 4.69) is 15.3 Å². The standard InChI is InChI=1S/C23H26F3N7O3S2/c24-23(25,26)13-7-16(32-22-18(13)19(28)20(38-22)21(29)36)33-5-3-12(4-6-33)30-9-14(34)11-1-2-17(31-8-11)37-10-15(27)35/h1-2,7-8,12,14,30,34H,3-6,9-10,28H2,(H2,27,35)(H2,29,36). The van der Waals surface area contributed by atoms with Crippen molar-refractivity contribution >= 4 is 56.6 Å². The quantitative estimate of drug-likeness (QED) is 0.242. The van der Waals surface area contributed by atoms with E-state index in [1.807, 2.05) is 0 Å². The topological polar surface area (TPSA) is 173 Å². The minimum atomic E-state index is -4.69. The van der Waals surface area contributed by atoms with Crippen LogP contribution in [0.3, 0.4) is 0 Å². The van der Waals surface area contributed by atoms with E-state index in [1.54, 1.807) is 23.2 Å². The molecule has 0 spiro atoms. The second-order valence-electron chi connectivity index (χ2n) is 8.79. The first-order valence-electron chi connectivity index (χ1n) is 11.6. The van der Waals surface area contributed by atoms with Crippen LogP contribution in [0.2, 0.25) is 0 Å². The van der Waals surface area contributed by atoms with Gasteiger partial charge in [-0.15, -0.1) is 11.3 Å². The number of pyridine rings is 2. The molecule has 4 rings (SSSR count). The number of primary amides is 2. The Balaban J connectivity index is 1.38. The normalized spacial score (nSPS) is 15.6. The van der Waals surface area contributed by atoms with Crippen LogP contribution in [0.4, 0.5) is 24.7 Å². The van der Waals surface area contributed by atoms with E-state index < -0.39 is 29.7 Å². The Kier molecular flexibility index (Phi) is 8.30. The number of thiophene rings is 1. The molecule has 0 saturated carbocycles. The highest BCUT2D eigenvalue weighted by molar-refractivity contribution is 7.99. The third kappa shape index (κ3) is 6.28. The summed E-state index contributed by atoms with van der Waals surface area (Å²) >= 11 is 1.96. The van der Waals surface area contributed by atoms with E-state index in [9.17, 15) is 27.9 Å². The van der Waals surface area contributed by atoms with Crippen molar-refractivity contribution in [3.05, 3.63) is 40.4 Å². The van der Waals surface area contributed by atoms with Crippen LogP contribution in [0.5, 0.6) is 0 Å². The zero-order valence-electron chi connectivity index (χ0n) is 20.0. The Morgan fingerprint density at radius 3 is 2.55 bits per heavy atom. The summed E-state index contributed by atoms with van der Waals surface area (Å²) in [4.78, 5) is 32.7. The molecule has 1 aliphatic heterocycles. The van der Waals surface area contributed by atoms with Gasteiger partial charge in [-0.05, 0) is 25.0 Å². The van der Waals surface area contributed by atoms with Crippen LogP contribution >= 0.6 is 23.1 Å². The molecule has 4 heterocycles. The van der Waals surface area contributed by atoms with Gasteiger partial charge in [0.1, 0.15) is 15.5 Å². The largest absolute Gasteiger partial charge is 0.417 e. The molecule has 1 fully saturated rings. The van der Waals surface area contributed by atoms with Crippen LogP contribution in [-0.2, 0) is 11.0 Å². The molecule has 1 unspecified atom stereocenters. The van der Waals surface area contributed by atoms with Gasteiger partial charge in [0.25, 0.3) is 5.91 Å². The zero-order chi connectivity index (χ0) is 27.6. The Bertz CT molecular complexity index is 1330. The fourth-order valence-corrected chi connectivity index (χ4v) is 5.75. The van der Waals surface area contributed by atoms with Crippen molar-refractivity contribution in [2.75, 3.05) is 36.0 Å². The van der Waals surface area contributed by atoms with Gasteiger partial charge < -0.3 is 32.5 Å². The molecule has 3 aromatic heterocycles. The van der Waals surface area contributed by atoms with Crippen molar-refractivity contribution in [1.29, 1.82) is 0 Å². The smallest absolute Gasteiger partial charge is 0.397 e. The Hall–Kier alpha value is -3.14. The molecular formula is C23H26F3N7O3S2. The number of hydrogen-bond donors (Lipinski definition) is 5. The van der Waals surface area contributed by atoms with Gasteiger partial charge >= 0.3 is 6.18 Å². The number of aliphatic hydroxyl groups excluding tert-OH is 1. The first kappa shape index (κ1) is 27.9. The molecule has 0 aliphatic carbocycles. The molecule has 2 amide bonds. The summed E-state index contributed by atoms with van der Waals surface area (Å²) in [6.45, 7) is 1.16. The lowest BCUT2D eigenvalue weighted by molar-refractivity contribution is -0.136. The van der Waals surface area contributed by atoms with E-state index in [-0.39, 0.29) is 44.9 Å². The van der Waals surface area contributed by atoms with Gasteiger partial charge in [0.05, 0.1) is 28.1 Å². The molecule has 0 bridgehead atoms. The number of amides is 2. The van der Waals surface area contributed by atoms with Gasteiger partial charge in [0, 0.05) is 42.8 Å². The molecule has 1 saturated heterocycles. The van der Waals surface area contributed by atoms with Crippen molar-refractivity contribution in [2.45, 2.75) is 36.2 Å². The summed E-state index contributed by atoms with van der Waals surface area (Å²) in [5.41, 5.74) is 15.6. The number of anilines is 2. The Morgan fingerprint density at radius 1 is 1.26 bits per heavy atom. The number of carbonyl (C=O) groups excluding carboxylic acids is 2. The number of aliphatic hydroxyl groups is 1. The lowest BCUT2D eigenvalue weighted by atomic mass is 10.0. The van der Waals surface area contributed by atoms with Gasteiger partial charge in [0.2, 0.25) is 5.91 Å². The number of piperidine rings is 1. The van der Waals surface area contributed by atoms with Crippen molar-refractivity contribution in [3.8, 4) is 0 Å². The van der Waals surface area contributed by atoms with Gasteiger partial charge in [-0.2, -0.15) is 13.2 Å². The average molecular weight is 570 g/mol. The fourth-order valence-electron chi connectivity index (χ4n) is 4.20. The SMILES string of the molecule is NC(=O)CSc1ccc(C(O)CNC2CCN(c3cc(C(F)(F)F)c4c(N)c(C(N)=O)sc4n3)CC2)cn1. The summed E-state index contributed by atoms with van der Waals surface area (Å²) in [5, 5.41) is 14.1. The van der Waals surface area contributed by atoms with E-state index in [0.717, 1.165) is 17.4 Å². The van der Waals surface area contributed by atoms with Crippen molar-refractivity contribution in [3.63, 3.8) is 0 Å². The molecule has 1 atom stereocenters. The number of nitrogens with one attached hydrogen (secondary N) is 1. The molecule has 38 heavy (non-hydrogen) atoms. The Morgan fingerprint density at radius 2 is 1.97 bits per heavy atom. The monoisotopic (exact) mass is 569 g/mol. The lowest BCUT2D eigenvalue weighted by Crippen LogP contribution is -2.44. The van der Waals surface area contributed by atoms with Crippen LogP contribution in [-0.4, -0.2) is 58.3 Å². The van der Waals surface area contributed by atoms with Gasteiger partial charge in [-0.3, -0.25) is 9.59 Å². The first-order chi connectivity index (χ1) is 17.9. The minimum Gasteiger partial charge on any atom is -0.397 e. The third-order valence-electron chi connectivity index (χ3n) is 6.14. The second kappa shape index (κ2) is 11.3. The van der Waals surface area contributed by atoms with Crippen molar-refractivity contribution in [1.82, 2.24) is 15.3 Å². The fraction of sp³-hybridized carbons (Fsp3) is 0.391. The predicted octanol–water partition coefficient (Wildman–Crippen LogP) is 2.26. The van der Waals surface area contributed by atoms with E-state index >= 15 is 0 Å². The van der Waals surface area contributed by atoms with Crippen LogP contribution in [0.15, 0.2) is 29.4 Å². The number of halogens is 3. The number of carbonyl (C=O) groups is 2. The van der Waals surface area contributed by atoms with Gasteiger partial charge in [0.15, 0.2) is 0 Å². The number of nitrogens with two attached hydrogens (primary N) is 3. The highest BCUT2D eigenvalue weighted by atomic mass is 32.2. The highest BCUT2D eigenvalue weighted by Gasteiger charge is 2.37. The maximum Gasteiger partial charge on any atom is 0.417 e. The molecule has 1 aliphatic rings. The van der Waals surface area contributed by atoms with Crippen LogP contribution in [0.1, 0.15) is 39.7 Å². The highest BCUT2D eigenvalue weighted by Crippen LogP contribution is 2.43. The molecular weight excluding hydrogens is 543 g/mol. The van der Waals surface area contributed by atoms with Crippen LogP contribution < -0.4 is 27.4 Å². The second-order valence-corrected chi connectivity index (χ2v) is 10.8. The average Bonchev–Trinajstić information content (AvgIpc) is 3.22. The molecule has 8 N–H and O–H groups in total. The summed E-state index contributed by atoms with van der Waals surface area (Å²) in [7, 11) is 0. The summed E-state index contributed by atoms with van der Waals surface area (Å²) in [6, 6.07) is 4.44. The number of rotatable bonds is 9. The predicted molar refractivity (Wildman–Crippen MR) is 140 cm³/mol. The van der Waals surface area contributed by atoms with E-state index in [0.29, 0.717) is 36.5 Å².